The lowest BCUT2D eigenvalue weighted by Gasteiger charge is -2.14. The number of hydrogen-bond donors (Lipinski definition) is 8. The molecule has 11 atom stereocenters. The fraction of sp³-hybridized carbons (Fsp3) is 0.857. The van der Waals surface area contributed by atoms with Crippen molar-refractivity contribution in [2.75, 3.05) is 0 Å². The van der Waals surface area contributed by atoms with Crippen LogP contribution in [0.25, 0.3) is 0 Å². The molecule has 0 aliphatic carbocycles. The minimum atomic E-state index is -3.58. The fourth-order valence-corrected chi connectivity index (χ4v) is 4.70. The smallest absolute Gasteiger partial charge is 0.326 e. The molecule has 72 heavy (non-hydrogen) atoms. The Morgan fingerprint density at radius 2 is 0.694 bits per heavy atom. The van der Waals surface area contributed by atoms with Crippen molar-refractivity contribution in [1.29, 1.82) is 0 Å². The van der Waals surface area contributed by atoms with Gasteiger partial charge in [-0.05, 0) is 128 Å². The van der Waals surface area contributed by atoms with Gasteiger partial charge in [-0.2, -0.15) is 0 Å². The maximum atomic E-state index is 11.2. The predicted molar refractivity (Wildman–Crippen MR) is 301 cm³/mol. The van der Waals surface area contributed by atoms with Gasteiger partial charge < -0.3 is 42.3 Å². The van der Waals surface area contributed by atoms with Gasteiger partial charge in [0.25, 0.3) is 0 Å². The van der Waals surface area contributed by atoms with Crippen LogP contribution in [0.4, 0.5) is 0 Å². The Kier molecular flexibility index (Phi) is 23.0. The van der Waals surface area contributed by atoms with E-state index in [1.165, 1.54) is 62.3 Å². The molecule has 0 aromatic carbocycles. The maximum absolute atomic E-state index is 11.2. The van der Waals surface area contributed by atoms with Crippen molar-refractivity contribution in [1.82, 2.24) is 37.2 Å². The normalized spacial score (nSPS) is 26.9. The molecule has 430 valence electrons. The zero-order valence-corrected chi connectivity index (χ0v) is 47.2. The zero-order valence-electron chi connectivity index (χ0n) is 82.2. The molecule has 0 spiro atoms. The van der Waals surface area contributed by atoms with Crippen LogP contribution in [-0.2, 0) is 38.4 Å². The van der Waals surface area contributed by atoms with Crippen LogP contribution in [0.5, 0.6) is 0 Å². The highest BCUT2D eigenvalue weighted by molar-refractivity contribution is 5.82. The van der Waals surface area contributed by atoms with Crippen LogP contribution in [0.15, 0.2) is 0 Å². The van der Waals surface area contributed by atoms with Crippen LogP contribution in [0.1, 0.15) is 275 Å². The number of nitrogens with one attached hydrogen (secondary N) is 7. The number of rotatable bonds is 22. The first-order chi connectivity index (χ1) is 45.9. The van der Waals surface area contributed by atoms with Crippen LogP contribution in [0.3, 0.4) is 0 Å². The molecule has 0 aromatic rings. The van der Waals surface area contributed by atoms with Crippen LogP contribution in [-0.4, -0.2) is 94.6 Å². The Morgan fingerprint density at radius 3 is 0.958 bits per heavy atom. The first kappa shape index (κ1) is 32.9. The van der Waals surface area contributed by atoms with Gasteiger partial charge in [-0.3, -0.25) is 33.6 Å². The molecule has 0 saturated carbocycles. The third-order valence-electron chi connectivity index (χ3n) is 5.97. The second-order valence-corrected chi connectivity index (χ2v) is 16.6. The van der Waals surface area contributed by atoms with E-state index in [1.54, 1.807) is 34.6 Å². The number of carboxylic acid groups (broad SMARTS) is 1. The van der Waals surface area contributed by atoms with E-state index in [4.69, 9.17) is 53.2 Å². The van der Waals surface area contributed by atoms with E-state index in [9.17, 15) is 38.4 Å². The number of carboxylic acids is 1. The van der Waals surface area contributed by atoms with Gasteiger partial charge in [-0.15, -0.1) is 0 Å². The Labute approximate surface area is 491 Å². The SMILES string of the molecule is [2H]C(C)(C)C([2H])([2H])C([2H])(C)NC(C)=O.[2H]C([2H])(C(C)C)[C@@]([2H])(C)NC(C)=O.[2H]C([2H])([2H])C(C)C([2H])([2H])[C@@]([2H])(C)NC(C)=O.[2H]C([2H])([2H])C(C)C[C@@H](C)NC(C)=O.[2H]N(C(C)=O)[C@]([2H])(C(=O)O)C([2H])([2H])C([2H])(C)C([2H])([2H])[2H].[2H]N(C(C)=O)[C@]([2H])(C)C([2H])([2H])C(C)C.[2H]N(C(C)=O)[C@]([2H])(C)C([2H])([2H])C(C)C([2H])([2H])[2H]. The van der Waals surface area contributed by atoms with E-state index in [0.29, 0.717) is 18.7 Å². The predicted octanol–water partition coefficient (Wildman–Crippen LogP) is 9.96. The Bertz CT molecular complexity index is 2880. The van der Waals surface area contributed by atoms with Gasteiger partial charge in [-0.1, -0.05) is 96.6 Å². The van der Waals surface area contributed by atoms with Gasteiger partial charge in [0.05, 0.1) is 8.22 Å². The zero-order chi connectivity index (χ0) is 89.4. The third kappa shape index (κ3) is 88.7. The average molecular weight is 1070 g/mol. The van der Waals surface area contributed by atoms with Crippen molar-refractivity contribution in [2.24, 2.45) is 41.4 Å². The standard InChI is InChI=1S/C8H15NO3.6C8H17NO/c1-5(2)4-7(8(11)12)9-6(3)10;6*1-6(2)5-7(3)9-8(4)10/h5,7H,4H2,1-3H3,(H,9,10)(H,11,12);6*6-7H,5H2,1-4H3,(H,9,10)/t6*7-;/m011111./s1/i1D3,4D2,5D,7D;2*1D3,5D2,7D;2*5D2,7D;1D3;5D2,6D,7D/hD3/t5?,7-;2*6?,7-;2m;6?,7-;. The molecular weight excluding hydrogens is 915 g/mol. The molecule has 0 rings (SSSR count). The highest BCUT2D eigenvalue weighted by atomic mass is 16.4. The summed E-state index contributed by atoms with van der Waals surface area (Å²) < 4.78 is 261. The summed E-state index contributed by atoms with van der Waals surface area (Å²) >= 11 is 0. The molecule has 0 saturated heterocycles. The Balaban J connectivity index is -0.000000219. The minimum absolute atomic E-state index is 0.0760. The van der Waals surface area contributed by atoms with E-state index in [-0.39, 0.29) is 35.0 Å². The highest BCUT2D eigenvalue weighted by Gasteiger charge is 2.19. The summed E-state index contributed by atoms with van der Waals surface area (Å²) in [5.74, 6) is -14.9. The summed E-state index contributed by atoms with van der Waals surface area (Å²) in [7, 11) is 0. The first-order valence-electron chi connectivity index (χ1n) is 40.0. The van der Waals surface area contributed by atoms with Gasteiger partial charge in [0.1, 0.15) is 6.02 Å². The van der Waals surface area contributed by atoms with Crippen molar-refractivity contribution in [2.45, 2.75) is 273 Å². The lowest BCUT2D eigenvalue weighted by atomic mass is 10.0. The maximum Gasteiger partial charge on any atom is 0.326 e. The molecule has 0 aromatic heterocycles. The summed E-state index contributed by atoms with van der Waals surface area (Å²) in [4.78, 5) is 87.2. The molecule has 0 radical (unpaired) electrons. The molecule has 0 bridgehead atoms. The van der Waals surface area contributed by atoms with E-state index < -0.39 is 172 Å². The molecule has 7 amide bonds. The summed E-state index contributed by atoms with van der Waals surface area (Å²) in [5.41, 5.74) is 0. The van der Waals surface area contributed by atoms with Gasteiger partial charge in [-0.25, -0.2) is 4.79 Å². The van der Waals surface area contributed by atoms with Crippen LogP contribution >= 0.6 is 0 Å². The molecule has 16 nitrogen and oxygen atoms in total. The van der Waals surface area contributed by atoms with E-state index >= 15 is 0 Å². The highest BCUT2D eigenvalue weighted by Crippen LogP contribution is 2.07. The molecule has 16 heteroatoms. The molecule has 5 unspecified atom stereocenters. The van der Waals surface area contributed by atoms with E-state index in [1.807, 2.05) is 6.92 Å². The number of hydrogen-bond acceptors (Lipinski definition) is 8. The quantitative estimate of drug-likeness (QED) is 0.0514. The molecular formula is C56H117N7O9. The molecule has 0 aliphatic heterocycles. The topological polar surface area (TPSA) is 241 Å². The van der Waals surface area contributed by atoms with Crippen molar-refractivity contribution < 1.29 is 91.6 Å². The van der Waals surface area contributed by atoms with Crippen LogP contribution < -0.4 is 37.2 Å². The Hall–Kier alpha value is -4.24. The first-order valence-corrected chi connectivity index (χ1v) is 22.7. The number of carbonyl (C=O) groups is 8. The fourth-order valence-electron chi connectivity index (χ4n) is 4.70. The van der Waals surface area contributed by atoms with Gasteiger partial charge in [0, 0.05) is 120 Å². The largest absolute Gasteiger partial charge is 0.480 e. The summed E-state index contributed by atoms with van der Waals surface area (Å²) in [5, 5.41) is 18.3. The van der Waals surface area contributed by atoms with Gasteiger partial charge >= 0.3 is 5.97 Å². The van der Waals surface area contributed by atoms with Gasteiger partial charge in [0.15, 0.2) is 4.24 Å². The lowest BCUT2D eigenvalue weighted by molar-refractivity contribution is -0.142. The second-order valence-electron chi connectivity index (χ2n) is 16.6. The molecule has 0 fully saturated rings. The second kappa shape index (κ2) is 50.3. The number of amides is 7. The summed E-state index contributed by atoms with van der Waals surface area (Å²) in [6.07, 6.45) is -13.7. The number of carbonyl (C=O) groups excluding carboxylic acids is 7. The molecule has 0 aliphatic rings. The minimum Gasteiger partial charge on any atom is -0.480 e. The average Bonchev–Trinajstić information content (AvgIpc) is 0.725. The van der Waals surface area contributed by atoms with Crippen LogP contribution in [0, 0.1) is 41.4 Å². The van der Waals surface area contributed by atoms with Crippen molar-refractivity contribution >= 4 is 47.3 Å². The monoisotopic (exact) mass is 1070 g/mol. The van der Waals surface area contributed by atoms with Gasteiger partial charge in [0.2, 0.25) is 41.4 Å². The van der Waals surface area contributed by atoms with Crippen molar-refractivity contribution in [3.8, 4) is 0 Å². The molecule has 8 N–H and O–H groups in total. The van der Waals surface area contributed by atoms with Crippen LogP contribution in [0.2, 0.25) is 4.24 Å². The van der Waals surface area contributed by atoms with E-state index in [0.717, 1.165) is 48.5 Å². The Morgan fingerprint density at radius 1 is 0.389 bits per heavy atom. The number of aliphatic carboxylic acids is 1. The third-order valence-corrected chi connectivity index (χ3v) is 5.97. The van der Waals surface area contributed by atoms with E-state index in [2.05, 4.69) is 21.3 Å². The summed E-state index contributed by atoms with van der Waals surface area (Å²) in [6.45, 7) is 19.5. The van der Waals surface area contributed by atoms with Crippen molar-refractivity contribution in [3.63, 3.8) is 0 Å². The lowest BCUT2D eigenvalue weighted by Crippen LogP contribution is -2.40. The molecule has 0 heterocycles. The summed E-state index contributed by atoms with van der Waals surface area (Å²) in [6, 6.07) is -13.2. The van der Waals surface area contributed by atoms with Crippen molar-refractivity contribution in [3.05, 3.63) is 0 Å².